The second-order valence-corrected chi connectivity index (χ2v) is 7.60. The van der Waals surface area contributed by atoms with Gasteiger partial charge in [0, 0.05) is 31.9 Å². The van der Waals surface area contributed by atoms with E-state index in [1.165, 1.54) is 32.5 Å². The van der Waals surface area contributed by atoms with Crippen molar-refractivity contribution in [3.05, 3.63) is 24.3 Å². The molecular formula is C20H31N3O2. The van der Waals surface area contributed by atoms with Crippen molar-refractivity contribution in [3.8, 4) is 5.75 Å². The first-order chi connectivity index (χ1) is 12.1. The molecule has 1 aromatic rings. The molecule has 0 aliphatic carbocycles. The lowest BCUT2D eigenvalue weighted by molar-refractivity contribution is 0.125. The summed E-state index contributed by atoms with van der Waals surface area (Å²) in [6, 6.07) is 7.49. The van der Waals surface area contributed by atoms with Gasteiger partial charge in [0.05, 0.1) is 7.11 Å². The fourth-order valence-corrected chi connectivity index (χ4v) is 4.01. The third-order valence-electron chi connectivity index (χ3n) is 5.50. The van der Waals surface area contributed by atoms with Crippen molar-refractivity contribution in [3.63, 3.8) is 0 Å². The molecular weight excluding hydrogens is 314 g/mol. The molecule has 0 saturated carbocycles. The molecule has 1 aromatic carbocycles. The minimum atomic E-state index is 0.00946. The van der Waals surface area contributed by atoms with E-state index >= 15 is 0 Å². The zero-order valence-electron chi connectivity index (χ0n) is 15.5. The third kappa shape index (κ3) is 5.11. The Kier molecular flexibility index (Phi) is 6.19. The van der Waals surface area contributed by atoms with E-state index in [-0.39, 0.29) is 6.03 Å². The summed E-state index contributed by atoms with van der Waals surface area (Å²) in [6.07, 6.45) is 4.94. The molecule has 3 rings (SSSR count). The number of hydrogen-bond donors (Lipinski definition) is 1. The van der Waals surface area contributed by atoms with Gasteiger partial charge in [-0.3, -0.25) is 0 Å². The van der Waals surface area contributed by atoms with E-state index in [0.717, 1.165) is 49.2 Å². The van der Waals surface area contributed by atoms with Gasteiger partial charge in [0.25, 0.3) is 0 Å². The van der Waals surface area contributed by atoms with Gasteiger partial charge in [0.1, 0.15) is 5.75 Å². The summed E-state index contributed by atoms with van der Waals surface area (Å²) < 4.78 is 5.14. The topological polar surface area (TPSA) is 44.8 Å². The van der Waals surface area contributed by atoms with E-state index in [0.29, 0.717) is 0 Å². The Balaban J connectivity index is 1.42. The summed E-state index contributed by atoms with van der Waals surface area (Å²) in [4.78, 5) is 17.0. The summed E-state index contributed by atoms with van der Waals surface area (Å²) in [6.45, 7) is 7.78. The molecule has 2 fully saturated rings. The van der Waals surface area contributed by atoms with Crippen LogP contribution in [0.1, 0.15) is 32.6 Å². The summed E-state index contributed by atoms with van der Waals surface area (Å²) in [5.74, 6) is 2.37. The quantitative estimate of drug-likeness (QED) is 0.905. The van der Waals surface area contributed by atoms with Crippen LogP contribution in [0.4, 0.5) is 10.5 Å². The Morgan fingerprint density at radius 2 is 1.88 bits per heavy atom. The van der Waals surface area contributed by atoms with Crippen LogP contribution in [0.2, 0.25) is 0 Å². The van der Waals surface area contributed by atoms with Gasteiger partial charge in [-0.05, 0) is 68.3 Å². The van der Waals surface area contributed by atoms with Gasteiger partial charge >= 0.3 is 6.03 Å². The van der Waals surface area contributed by atoms with E-state index in [9.17, 15) is 4.79 Å². The number of benzene rings is 1. The number of piperidine rings is 2. The van der Waals surface area contributed by atoms with E-state index in [1.54, 1.807) is 7.11 Å². The molecule has 1 unspecified atom stereocenters. The van der Waals surface area contributed by atoms with Crippen molar-refractivity contribution in [2.24, 2.45) is 11.8 Å². The summed E-state index contributed by atoms with van der Waals surface area (Å²) >= 11 is 0. The Labute approximate surface area is 151 Å². The molecule has 2 aliphatic heterocycles. The molecule has 0 aromatic heterocycles. The van der Waals surface area contributed by atoms with Crippen LogP contribution in [-0.2, 0) is 0 Å². The number of ether oxygens (including phenoxy) is 1. The molecule has 1 atom stereocenters. The number of amides is 2. The lowest BCUT2D eigenvalue weighted by atomic mass is 9.94. The average Bonchev–Trinajstić information content (AvgIpc) is 2.63. The monoisotopic (exact) mass is 345 g/mol. The van der Waals surface area contributed by atoms with Gasteiger partial charge in [-0.25, -0.2) is 4.79 Å². The molecule has 138 valence electrons. The van der Waals surface area contributed by atoms with Crippen molar-refractivity contribution in [1.29, 1.82) is 0 Å². The van der Waals surface area contributed by atoms with Crippen LogP contribution in [-0.4, -0.2) is 55.7 Å². The van der Waals surface area contributed by atoms with Crippen molar-refractivity contribution in [2.75, 3.05) is 45.2 Å². The van der Waals surface area contributed by atoms with Gasteiger partial charge in [-0.2, -0.15) is 0 Å². The van der Waals surface area contributed by atoms with Crippen molar-refractivity contribution < 1.29 is 9.53 Å². The van der Waals surface area contributed by atoms with Gasteiger partial charge in [0.15, 0.2) is 0 Å². The molecule has 1 N–H and O–H groups in total. The van der Waals surface area contributed by atoms with Crippen LogP contribution in [0.25, 0.3) is 0 Å². The second-order valence-electron chi connectivity index (χ2n) is 7.60. The number of nitrogens with one attached hydrogen (secondary N) is 1. The minimum Gasteiger partial charge on any atom is -0.497 e. The van der Waals surface area contributed by atoms with Crippen LogP contribution in [0.3, 0.4) is 0 Å². The maximum Gasteiger partial charge on any atom is 0.321 e. The number of nitrogens with zero attached hydrogens (tertiary/aromatic N) is 2. The van der Waals surface area contributed by atoms with Crippen LogP contribution in [0.15, 0.2) is 24.3 Å². The summed E-state index contributed by atoms with van der Waals surface area (Å²) in [5.41, 5.74) is 0.815. The highest BCUT2D eigenvalue weighted by Crippen LogP contribution is 2.23. The lowest BCUT2D eigenvalue weighted by Crippen LogP contribution is -2.44. The second kappa shape index (κ2) is 8.56. The first kappa shape index (κ1) is 18.1. The molecule has 2 aliphatic rings. The molecule has 0 bridgehead atoms. The summed E-state index contributed by atoms with van der Waals surface area (Å²) in [5, 5.41) is 2.99. The lowest BCUT2D eigenvalue weighted by Gasteiger charge is -2.37. The molecule has 2 amide bonds. The summed E-state index contributed by atoms with van der Waals surface area (Å²) in [7, 11) is 1.64. The Bertz CT molecular complexity index is 553. The number of rotatable bonds is 4. The SMILES string of the molecule is COc1ccc(NC(=O)N2CCC(CN3CCCC(C)C3)CC2)cc1. The van der Waals surface area contributed by atoms with Gasteiger partial charge in [0.2, 0.25) is 0 Å². The number of carbonyl (C=O) groups is 1. The zero-order valence-corrected chi connectivity index (χ0v) is 15.5. The normalized spacial score (nSPS) is 22.6. The molecule has 0 radical (unpaired) electrons. The highest BCUT2D eigenvalue weighted by molar-refractivity contribution is 5.89. The van der Waals surface area contributed by atoms with Crippen molar-refractivity contribution >= 4 is 11.7 Å². The van der Waals surface area contributed by atoms with Crippen LogP contribution < -0.4 is 10.1 Å². The van der Waals surface area contributed by atoms with Crippen LogP contribution in [0, 0.1) is 11.8 Å². The first-order valence-electron chi connectivity index (χ1n) is 9.56. The number of likely N-dealkylation sites (tertiary alicyclic amines) is 2. The third-order valence-corrected chi connectivity index (χ3v) is 5.50. The van der Waals surface area contributed by atoms with Crippen LogP contribution >= 0.6 is 0 Å². The number of hydrogen-bond acceptors (Lipinski definition) is 3. The van der Waals surface area contributed by atoms with Crippen molar-refractivity contribution in [1.82, 2.24) is 9.80 Å². The molecule has 5 nitrogen and oxygen atoms in total. The average molecular weight is 345 g/mol. The number of carbonyl (C=O) groups excluding carboxylic acids is 1. The van der Waals surface area contributed by atoms with E-state index < -0.39 is 0 Å². The Morgan fingerprint density at radius 1 is 1.16 bits per heavy atom. The maximum absolute atomic E-state index is 12.4. The molecule has 2 saturated heterocycles. The van der Waals surface area contributed by atoms with Crippen molar-refractivity contribution in [2.45, 2.75) is 32.6 Å². The Hall–Kier alpha value is -1.75. The Morgan fingerprint density at radius 3 is 2.52 bits per heavy atom. The van der Waals surface area contributed by atoms with Gasteiger partial charge in [-0.1, -0.05) is 6.92 Å². The highest BCUT2D eigenvalue weighted by Gasteiger charge is 2.25. The van der Waals surface area contributed by atoms with E-state index in [4.69, 9.17) is 4.74 Å². The number of anilines is 1. The molecule has 0 spiro atoms. The zero-order chi connectivity index (χ0) is 17.6. The van der Waals surface area contributed by atoms with E-state index in [2.05, 4.69) is 17.1 Å². The molecule has 2 heterocycles. The molecule has 5 heteroatoms. The standard InChI is InChI=1S/C20H31N3O2/c1-16-4-3-11-22(14-16)15-17-9-12-23(13-10-17)20(24)21-18-5-7-19(25-2)8-6-18/h5-8,16-17H,3-4,9-15H2,1-2H3,(H,21,24). The fraction of sp³-hybridized carbons (Fsp3) is 0.650. The van der Waals surface area contributed by atoms with E-state index in [1.807, 2.05) is 29.2 Å². The largest absolute Gasteiger partial charge is 0.497 e. The maximum atomic E-state index is 12.4. The number of methoxy groups -OCH3 is 1. The predicted molar refractivity (Wildman–Crippen MR) is 101 cm³/mol. The number of urea groups is 1. The van der Waals surface area contributed by atoms with Gasteiger partial charge < -0.3 is 19.9 Å². The predicted octanol–water partition coefficient (Wildman–Crippen LogP) is 3.67. The van der Waals surface area contributed by atoms with Crippen LogP contribution in [0.5, 0.6) is 5.75 Å². The van der Waals surface area contributed by atoms with Gasteiger partial charge in [-0.15, -0.1) is 0 Å². The minimum absolute atomic E-state index is 0.00946. The first-order valence-corrected chi connectivity index (χ1v) is 9.56. The fourth-order valence-electron chi connectivity index (χ4n) is 4.01. The highest BCUT2D eigenvalue weighted by atomic mass is 16.5. The molecule has 25 heavy (non-hydrogen) atoms. The smallest absolute Gasteiger partial charge is 0.321 e.